The van der Waals surface area contributed by atoms with Crippen molar-refractivity contribution in [3.05, 3.63) is 88.8 Å². The molecule has 7 heteroatoms. The highest BCUT2D eigenvalue weighted by molar-refractivity contribution is 6.32. The summed E-state index contributed by atoms with van der Waals surface area (Å²) >= 11 is 6.48. The molecule has 0 bridgehead atoms. The standard InChI is InChI=1S/C32H30ClFN2O3/c33-27-14-22(6-9-29(27)39-24-18-38-19-24)21-4-2-20(3-5-21)17-36-13-10-25-28(34)8-7-26(30(25)36)31(37)35-23-15-32(16-23)11-1-12-32/h2-10,13-14,23-24H,1,11-12,15-19H2,(H,35,37). The molecule has 4 aromatic rings. The highest BCUT2D eigenvalue weighted by atomic mass is 35.5. The van der Waals surface area contributed by atoms with Crippen LogP contribution in [0.15, 0.2) is 66.9 Å². The van der Waals surface area contributed by atoms with Crippen LogP contribution in [-0.2, 0) is 11.3 Å². The van der Waals surface area contributed by atoms with E-state index in [0.717, 1.165) is 29.5 Å². The minimum atomic E-state index is -0.318. The first kappa shape index (κ1) is 24.7. The fourth-order valence-electron chi connectivity index (χ4n) is 6.28. The van der Waals surface area contributed by atoms with Crippen molar-refractivity contribution in [3.63, 3.8) is 0 Å². The van der Waals surface area contributed by atoms with Crippen molar-refractivity contribution >= 4 is 28.4 Å². The van der Waals surface area contributed by atoms with Crippen LogP contribution in [0.25, 0.3) is 22.0 Å². The molecule has 3 aromatic carbocycles. The summed E-state index contributed by atoms with van der Waals surface area (Å²) in [5.74, 6) is 0.224. The normalized spacial score (nSPS) is 18.4. The van der Waals surface area contributed by atoms with E-state index in [2.05, 4.69) is 17.4 Å². The number of amides is 1. The van der Waals surface area contributed by atoms with Crippen LogP contribution < -0.4 is 10.1 Å². The first-order valence-electron chi connectivity index (χ1n) is 13.7. The van der Waals surface area contributed by atoms with Gasteiger partial charge in [0.1, 0.15) is 17.7 Å². The molecular weight excluding hydrogens is 515 g/mol. The van der Waals surface area contributed by atoms with Crippen molar-refractivity contribution in [1.29, 1.82) is 0 Å². The molecule has 0 atom stereocenters. The van der Waals surface area contributed by atoms with E-state index in [1.807, 2.05) is 41.1 Å². The number of carbonyl (C=O) groups excluding carboxylic acids is 1. The largest absolute Gasteiger partial charge is 0.484 e. The highest BCUT2D eigenvalue weighted by Gasteiger charge is 2.48. The van der Waals surface area contributed by atoms with E-state index >= 15 is 0 Å². The second-order valence-electron chi connectivity index (χ2n) is 11.4. The lowest BCUT2D eigenvalue weighted by molar-refractivity contribution is -0.0796. The van der Waals surface area contributed by atoms with Gasteiger partial charge in [0.2, 0.25) is 0 Å². The predicted molar refractivity (Wildman–Crippen MR) is 150 cm³/mol. The Morgan fingerprint density at radius 2 is 1.82 bits per heavy atom. The zero-order valence-corrected chi connectivity index (χ0v) is 22.3. The smallest absolute Gasteiger partial charge is 0.253 e. The van der Waals surface area contributed by atoms with E-state index in [1.165, 1.54) is 25.3 Å². The van der Waals surface area contributed by atoms with Gasteiger partial charge in [0, 0.05) is 24.2 Å². The molecule has 1 aliphatic heterocycles. The van der Waals surface area contributed by atoms with Crippen molar-refractivity contribution in [2.75, 3.05) is 13.2 Å². The van der Waals surface area contributed by atoms with Gasteiger partial charge in [-0.2, -0.15) is 0 Å². The van der Waals surface area contributed by atoms with Gasteiger partial charge in [-0.3, -0.25) is 4.79 Å². The minimum absolute atomic E-state index is 0.0649. The highest BCUT2D eigenvalue weighted by Crippen LogP contribution is 2.55. The number of aromatic nitrogens is 1. The zero-order valence-electron chi connectivity index (χ0n) is 21.6. The summed E-state index contributed by atoms with van der Waals surface area (Å²) in [5.41, 5.74) is 4.72. The van der Waals surface area contributed by atoms with Gasteiger partial charge in [0.25, 0.3) is 5.91 Å². The van der Waals surface area contributed by atoms with Crippen molar-refractivity contribution < 1.29 is 18.7 Å². The molecule has 2 aliphatic carbocycles. The van der Waals surface area contributed by atoms with Gasteiger partial charge in [0.05, 0.1) is 29.3 Å². The van der Waals surface area contributed by atoms with Crippen molar-refractivity contribution in [2.24, 2.45) is 5.41 Å². The third-order valence-corrected chi connectivity index (χ3v) is 8.99. The van der Waals surface area contributed by atoms with Crippen molar-refractivity contribution in [1.82, 2.24) is 9.88 Å². The molecule has 5 nitrogen and oxygen atoms in total. The number of fused-ring (bicyclic) bond motifs is 1. The number of rotatable bonds is 7. The molecule has 1 saturated heterocycles. The third kappa shape index (κ3) is 4.60. The maximum absolute atomic E-state index is 14.7. The Bertz CT molecular complexity index is 1550. The van der Waals surface area contributed by atoms with E-state index in [-0.39, 0.29) is 23.9 Å². The van der Waals surface area contributed by atoms with E-state index < -0.39 is 0 Å². The van der Waals surface area contributed by atoms with Crippen LogP contribution in [0, 0.1) is 11.2 Å². The Morgan fingerprint density at radius 3 is 2.49 bits per heavy atom. The molecule has 1 N–H and O–H groups in total. The molecule has 2 saturated carbocycles. The second-order valence-corrected chi connectivity index (χ2v) is 11.8. The maximum Gasteiger partial charge on any atom is 0.253 e. The number of nitrogens with one attached hydrogen (secondary N) is 1. The number of ether oxygens (including phenoxy) is 2. The SMILES string of the molecule is O=C(NC1CC2(CCC2)C1)c1ccc(F)c2ccn(Cc3ccc(-c4ccc(OC5COC5)c(Cl)c4)cc3)c12. The Morgan fingerprint density at radius 1 is 1.05 bits per heavy atom. The molecule has 1 aromatic heterocycles. The molecule has 39 heavy (non-hydrogen) atoms. The first-order chi connectivity index (χ1) is 19.0. The van der Waals surface area contributed by atoms with Crippen LogP contribution in [0.5, 0.6) is 5.75 Å². The Balaban J connectivity index is 1.09. The van der Waals surface area contributed by atoms with Gasteiger partial charge < -0.3 is 19.4 Å². The van der Waals surface area contributed by atoms with E-state index in [4.69, 9.17) is 21.1 Å². The van der Waals surface area contributed by atoms with Gasteiger partial charge in [0.15, 0.2) is 0 Å². The summed E-state index contributed by atoms with van der Waals surface area (Å²) in [7, 11) is 0. The van der Waals surface area contributed by atoms with Gasteiger partial charge in [-0.15, -0.1) is 0 Å². The zero-order chi connectivity index (χ0) is 26.6. The molecular formula is C32H30ClFN2O3. The molecule has 2 heterocycles. The lowest BCUT2D eigenvalue weighted by Crippen LogP contribution is -2.53. The molecule has 7 rings (SSSR count). The Kier molecular flexibility index (Phi) is 6.13. The molecule has 1 amide bonds. The second kappa shape index (κ2) is 9.68. The number of halogens is 2. The van der Waals surface area contributed by atoms with Crippen molar-refractivity contribution in [2.45, 2.75) is 50.8 Å². The molecule has 3 fully saturated rings. The van der Waals surface area contributed by atoms with Gasteiger partial charge in [-0.25, -0.2) is 4.39 Å². The number of nitrogens with zero attached hydrogens (tertiary/aromatic N) is 1. The Hall–Kier alpha value is -3.35. The average Bonchev–Trinajstić information content (AvgIpc) is 3.28. The number of hydrogen-bond donors (Lipinski definition) is 1. The molecule has 3 aliphatic rings. The molecule has 0 radical (unpaired) electrons. The summed E-state index contributed by atoms with van der Waals surface area (Å²) < 4.78 is 27.7. The van der Waals surface area contributed by atoms with Crippen LogP contribution in [0.4, 0.5) is 4.39 Å². The summed E-state index contributed by atoms with van der Waals surface area (Å²) in [6.45, 7) is 1.71. The van der Waals surface area contributed by atoms with Gasteiger partial charge >= 0.3 is 0 Å². The van der Waals surface area contributed by atoms with E-state index in [0.29, 0.717) is 52.4 Å². The van der Waals surface area contributed by atoms with Crippen LogP contribution in [0.1, 0.15) is 48.0 Å². The first-order valence-corrected chi connectivity index (χ1v) is 14.1. The summed E-state index contributed by atoms with van der Waals surface area (Å²) in [6.07, 6.45) is 7.92. The summed E-state index contributed by atoms with van der Waals surface area (Å²) in [5, 5.41) is 4.23. The Labute approximate surface area is 231 Å². The molecule has 0 unspecified atom stereocenters. The topological polar surface area (TPSA) is 52.5 Å². The fourth-order valence-corrected chi connectivity index (χ4v) is 6.50. The van der Waals surface area contributed by atoms with Gasteiger partial charge in [-0.05, 0) is 78.1 Å². The summed E-state index contributed by atoms with van der Waals surface area (Å²) in [4.78, 5) is 13.3. The van der Waals surface area contributed by atoms with Crippen LogP contribution >= 0.6 is 11.6 Å². The maximum atomic E-state index is 14.7. The molecule has 200 valence electrons. The predicted octanol–water partition coefficient (Wildman–Crippen LogP) is 6.99. The summed E-state index contributed by atoms with van der Waals surface area (Å²) in [6, 6.07) is 19.0. The minimum Gasteiger partial charge on any atom is -0.484 e. The fraction of sp³-hybridized carbons (Fsp3) is 0.344. The van der Waals surface area contributed by atoms with Gasteiger partial charge in [-0.1, -0.05) is 48.4 Å². The van der Waals surface area contributed by atoms with Crippen LogP contribution in [-0.4, -0.2) is 35.8 Å². The average molecular weight is 545 g/mol. The van der Waals surface area contributed by atoms with Crippen LogP contribution in [0.3, 0.4) is 0 Å². The number of carbonyl (C=O) groups is 1. The number of hydrogen-bond acceptors (Lipinski definition) is 3. The molecule has 1 spiro atoms. The van der Waals surface area contributed by atoms with Crippen LogP contribution in [0.2, 0.25) is 5.02 Å². The van der Waals surface area contributed by atoms with Crippen molar-refractivity contribution in [3.8, 4) is 16.9 Å². The third-order valence-electron chi connectivity index (χ3n) is 8.70. The van der Waals surface area contributed by atoms with E-state index in [9.17, 15) is 9.18 Å². The lowest BCUT2D eigenvalue weighted by atomic mass is 9.54. The monoisotopic (exact) mass is 544 g/mol. The number of benzene rings is 3. The van der Waals surface area contributed by atoms with E-state index in [1.54, 1.807) is 12.1 Å². The lowest BCUT2D eigenvalue weighted by Gasteiger charge is -2.54. The quantitative estimate of drug-likeness (QED) is 0.273.